The summed E-state index contributed by atoms with van der Waals surface area (Å²) in [4.78, 5) is 2.55. The SMILES string of the molecule is CCN1CCCC(CN(C)S(=O)(=O)c2cc(-n3cccn3)ccc2OC)C1. The lowest BCUT2D eigenvalue weighted by Gasteiger charge is -2.33. The van der Waals surface area contributed by atoms with Crippen molar-refractivity contribution >= 4 is 10.0 Å². The van der Waals surface area contributed by atoms with E-state index in [1.807, 2.05) is 0 Å². The molecule has 2 aromatic rings. The third kappa shape index (κ3) is 4.34. The van der Waals surface area contributed by atoms with Crippen LogP contribution in [0.5, 0.6) is 5.75 Å². The first kappa shape index (κ1) is 19.9. The lowest BCUT2D eigenvalue weighted by molar-refractivity contribution is 0.168. The summed E-state index contributed by atoms with van der Waals surface area (Å²) in [5.41, 5.74) is 0.683. The Hall–Kier alpha value is -1.90. The van der Waals surface area contributed by atoms with Gasteiger partial charge < -0.3 is 9.64 Å². The summed E-state index contributed by atoms with van der Waals surface area (Å²) in [6.45, 7) is 5.71. The van der Waals surface area contributed by atoms with Crippen LogP contribution in [-0.4, -0.2) is 67.7 Å². The molecular weight excluding hydrogens is 364 g/mol. The van der Waals surface area contributed by atoms with Crippen LogP contribution < -0.4 is 4.74 Å². The van der Waals surface area contributed by atoms with Crippen molar-refractivity contribution in [1.82, 2.24) is 19.0 Å². The first-order chi connectivity index (χ1) is 13.0. The van der Waals surface area contributed by atoms with Crippen molar-refractivity contribution in [1.29, 1.82) is 0 Å². The summed E-state index contributed by atoms with van der Waals surface area (Å²) >= 11 is 0. The van der Waals surface area contributed by atoms with Gasteiger partial charge in [-0.2, -0.15) is 5.10 Å². The predicted molar refractivity (Wildman–Crippen MR) is 105 cm³/mol. The van der Waals surface area contributed by atoms with Crippen LogP contribution in [0.1, 0.15) is 19.8 Å². The number of hydrogen-bond donors (Lipinski definition) is 0. The Kier molecular flexibility index (Phi) is 6.18. The predicted octanol–water partition coefficient (Wildman–Crippen LogP) is 2.23. The molecule has 1 unspecified atom stereocenters. The highest BCUT2D eigenvalue weighted by molar-refractivity contribution is 7.89. The van der Waals surface area contributed by atoms with Crippen LogP contribution in [-0.2, 0) is 10.0 Å². The second kappa shape index (κ2) is 8.41. The highest BCUT2D eigenvalue weighted by Crippen LogP contribution is 2.29. The Balaban J connectivity index is 1.85. The van der Waals surface area contributed by atoms with Crippen LogP contribution in [0, 0.1) is 5.92 Å². The van der Waals surface area contributed by atoms with Crippen LogP contribution in [0.15, 0.2) is 41.6 Å². The van der Waals surface area contributed by atoms with Crippen molar-refractivity contribution < 1.29 is 13.2 Å². The monoisotopic (exact) mass is 392 g/mol. The van der Waals surface area contributed by atoms with Gasteiger partial charge in [0, 0.05) is 32.5 Å². The van der Waals surface area contributed by atoms with E-state index in [2.05, 4.69) is 16.9 Å². The maximum atomic E-state index is 13.3. The number of hydrogen-bond acceptors (Lipinski definition) is 5. The van der Waals surface area contributed by atoms with Crippen molar-refractivity contribution in [3.8, 4) is 11.4 Å². The highest BCUT2D eigenvalue weighted by Gasteiger charge is 2.29. The molecule has 7 nitrogen and oxygen atoms in total. The van der Waals surface area contributed by atoms with E-state index in [0.29, 0.717) is 23.9 Å². The maximum Gasteiger partial charge on any atom is 0.246 e. The van der Waals surface area contributed by atoms with Crippen molar-refractivity contribution in [2.24, 2.45) is 5.92 Å². The van der Waals surface area contributed by atoms with Crippen molar-refractivity contribution in [2.75, 3.05) is 40.3 Å². The number of methoxy groups -OCH3 is 1. The number of aromatic nitrogens is 2. The van der Waals surface area contributed by atoms with Crippen LogP contribution in [0.25, 0.3) is 5.69 Å². The fraction of sp³-hybridized carbons (Fsp3) is 0.526. The topological polar surface area (TPSA) is 67.7 Å². The third-order valence-corrected chi connectivity index (χ3v) is 7.01. The third-order valence-electron chi connectivity index (χ3n) is 5.17. The van der Waals surface area contributed by atoms with E-state index in [1.165, 1.54) is 11.4 Å². The molecule has 1 atom stereocenters. The minimum Gasteiger partial charge on any atom is -0.495 e. The lowest BCUT2D eigenvalue weighted by Crippen LogP contribution is -2.41. The summed E-state index contributed by atoms with van der Waals surface area (Å²) in [5, 5.41) is 4.18. The molecule has 1 aliphatic rings. The van der Waals surface area contributed by atoms with Gasteiger partial charge in [0.25, 0.3) is 0 Å². The maximum absolute atomic E-state index is 13.3. The zero-order valence-electron chi connectivity index (χ0n) is 16.2. The van der Waals surface area contributed by atoms with E-state index in [4.69, 9.17) is 4.74 Å². The number of likely N-dealkylation sites (tertiary alicyclic amines) is 1. The summed E-state index contributed by atoms with van der Waals surface area (Å²) in [6.07, 6.45) is 5.61. The van der Waals surface area contributed by atoms with Gasteiger partial charge in [-0.3, -0.25) is 0 Å². The van der Waals surface area contributed by atoms with Crippen LogP contribution in [0.3, 0.4) is 0 Å². The fourth-order valence-electron chi connectivity index (χ4n) is 3.65. The Bertz CT molecular complexity index is 852. The molecule has 1 aromatic carbocycles. The van der Waals surface area contributed by atoms with Crippen LogP contribution in [0.2, 0.25) is 0 Å². The van der Waals surface area contributed by atoms with Crippen LogP contribution in [0.4, 0.5) is 0 Å². The van der Waals surface area contributed by atoms with E-state index in [9.17, 15) is 8.42 Å². The molecule has 1 saturated heterocycles. The minimum absolute atomic E-state index is 0.170. The first-order valence-electron chi connectivity index (χ1n) is 9.32. The summed E-state index contributed by atoms with van der Waals surface area (Å²) in [5.74, 6) is 0.690. The van der Waals surface area contributed by atoms with E-state index < -0.39 is 10.0 Å². The van der Waals surface area contributed by atoms with E-state index in [1.54, 1.807) is 48.4 Å². The van der Waals surface area contributed by atoms with Gasteiger partial charge in [-0.1, -0.05) is 6.92 Å². The van der Waals surface area contributed by atoms with Crippen molar-refractivity contribution in [3.63, 3.8) is 0 Å². The largest absolute Gasteiger partial charge is 0.495 e. The molecule has 0 amide bonds. The van der Waals surface area contributed by atoms with Gasteiger partial charge in [0.15, 0.2) is 0 Å². The van der Waals surface area contributed by atoms with E-state index >= 15 is 0 Å². The number of piperidine rings is 1. The van der Waals surface area contributed by atoms with E-state index in [-0.39, 0.29) is 4.90 Å². The quantitative estimate of drug-likeness (QED) is 0.723. The van der Waals surface area contributed by atoms with Gasteiger partial charge >= 0.3 is 0 Å². The molecule has 0 saturated carbocycles. The molecule has 8 heteroatoms. The molecule has 0 radical (unpaired) electrons. The van der Waals surface area contributed by atoms with Crippen molar-refractivity contribution in [3.05, 3.63) is 36.7 Å². The number of sulfonamides is 1. The Morgan fingerprint density at radius 3 is 2.85 bits per heavy atom. The number of benzene rings is 1. The summed E-state index contributed by atoms with van der Waals surface area (Å²) < 4.78 is 35.0. The molecule has 27 heavy (non-hydrogen) atoms. The number of nitrogens with zero attached hydrogens (tertiary/aromatic N) is 4. The second-order valence-electron chi connectivity index (χ2n) is 6.97. The molecule has 1 fully saturated rings. The van der Waals surface area contributed by atoms with Gasteiger partial charge in [0.05, 0.1) is 12.8 Å². The number of rotatable bonds is 7. The van der Waals surface area contributed by atoms with Crippen LogP contribution >= 0.6 is 0 Å². The molecule has 1 aromatic heterocycles. The summed E-state index contributed by atoms with van der Waals surface area (Å²) in [6, 6.07) is 6.90. The molecule has 3 rings (SSSR count). The van der Waals surface area contributed by atoms with Gasteiger partial charge in [0.1, 0.15) is 10.6 Å². The minimum atomic E-state index is -3.67. The Morgan fingerprint density at radius 2 is 2.19 bits per heavy atom. The standard InChI is InChI=1S/C19H28N4O3S/c1-4-22-11-5-7-16(15-22)14-21(2)27(24,25)19-13-17(8-9-18(19)26-3)23-12-6-10-20-23/h6,8-10,12-13,16H,4-5,7,11,14-15H2,1-3H3. The van der Waals surface area contributed by atoms with Crippen molar-refractivity contribution in [2.45, 2.75) is 24.7 Å². The van der Waals surface area contributed by atoms with E-state index in [0.717, 1.165) is 32.5 Å². The molecule has 148 valence electrons. The van der Waals surface area contributed by atoms with Gasteiger partial charge in [-0.15, -0.1) is 0 Å². The smallest absolute Gasteiger partial charge is 0.246 e. The molecular formula is C19H28N4O3S. The van der Waals surface area contributed by atoms with Gasteiger partial charge in [-0.25, -0.2) is 17.4 Å². The van der Waals surface area contributed by atoms with Gasteiger partial charge in [-0.05, 0) is 56.1 Å². The first-order valence-corrected chi connectivity index (χ1v) is 10.8. The number of ether oxygens (including phenoxy) is 1. The highest BCUT2D eigenvalue weighted by atomic mass is 32.2. The average Bonchev–Trinajstić information content (AvgIpc) is 3.22. The summed E-state index contributed by atoms with van der Waals surface area (Å²) in [7, 11) is -0.529. The molecule has 0 aliphatic carbocycles. The lowest BCUT2D eigenvalue weighted by atomic mass is 9.98. The Labute approximate surface area is 161 Å². The molecule has 2 heterocycles. The van der Waals surface area contributed by atoms with Gasteiger partial charge in [0.2, 0.25) is 10.0 Å². The molecule has 1 aliphatic heterocycles. The second-order valence-corrected chi connectivity index (χ2v) is 8.99. The molecule has 0 spiro atoms. The zero-order chi connectivity index (χ0) is 19.4. The Morgan fingerprint density at radius 1 is 1.37 bits per heavy atom. The normalized spacial score (nSPS) is 18.7. The zero-order valence-corrected chi connectivity index (χ0v) is 17.0. The molecule has 0 bridgehead atoms. The fourth-order valence-corrected chi connectivity index (χ4v) is 5.07. The average molecular weight is 393 g/mol. The molecule has 0 N–H and O–H groups in total.